The number of hydrogen-bond donors (Lipinski definition) is 1. The van der Waals surface area contributed by atoms with E-state index in [2.05, 4.69) is 6.58 Å². The molecule has 0 aliphatic carbocycles. The van der Waals surface area contributed by atoms with Crippen LogP contribution in [0.4, 0.5) is 0 Å². The van der Waals surface area contributed by atoms with E-state index >= 15 is 0 Å². The summed E-state index contributed by atoms with van der Waals surface area (Å²) in [7, 11) is 0. The maximum Gasteiger partial charge on any atom is 0.184 e. The average molecular weight is 304 g/mol. The van der Waals surface area contributed by atoms with Crippen molar-refractivity contribution in [3.8, 4) is 0 Å². The first kappa shape index (κ1) is 15.7. The van der Waals surface area contributed by atoms with E-state index in [0.29, 0.717) is 13.0 Å². The normalized spacial score (nSPS) is 34.9. The maximum absolute atomic E-state index is 10.3. The van der Waals surface area contributed by atoms with E-state index < -0.39 is 6.10 Å². The monoisotopic (exact) mass is 304 g/mol. The van der Waals surface area contributed by atoms with Crippen LogP contribution >= 0.6 is 0 Å². The molecule has 0 bridgehead atoms. The molecule has 0 spiro atoms. The molecule has 3 rings (SSSR count). The summed E-state index contributed by atoms with van der Waals surface area (Å²) in [5.74, 6) is 0. The Labute approximate surface area is 131 Å². The molecule has 120 valence electrons. The van der Waals surface area contributed by atoms with Gasteiger partial charge in [0.25, 0.3) is 0 Å². The lowest BCUT2D eigenvalue weighted by molar-refractivity contribution is -0.302. The molecule has 0 amide bonds. The van der Waals surface area contributed by atoms with Crippen molar-refractivity contribution in [3.05, 3.63) is 48.0 Å². The Morgan fingerprint density at radius 1 is 1.23 bits per heavy atom. The number of aliphatic hydroxyl groups is 1. The minimum atomic E-state index is -0.491. The van der Waals surface area contributed by atoms with E-state index in [4.69, 9.17) is 14.2 Å². The summed E-state index contributed by atoms with van der Waals surface area (Å²) in [6.45, 7) is 6.40. The van der Waals surface area contributed by atoms with Crippen molar-refractivity contribution in [2.45, 2.75) is 56.9 Å². The topological polar surface area (TPSA) is 47.9 Å². The second-order valence-corrected chi connectivity index (χ2v) is 6.26. The third-order valence-electron chi connectivity index (χ3n) is 4.30. The molecule has 0 aromatic heterocycles. The van der Waals surface area contributed by atoms with Gasteiger partial charge in [0.1, 0.15) is 6.10 Å². The molecule has 1 aromatic rings. The van der Waals surface area contributed by atoms with Crippen LogP contribution in [0.5, 0.6) is 0 Å². The fourth-order valence-corrected chi connectivity index (χ4v) is 3.05. The fraction of sp³-hybridized carbons (Fsp3) is 0.556. The Kier molecular flexibility index (Phi) is 4.93. The molecular formula is C18H24O4. The summed E-state index contributed by atoms with van der Waals surface area (Å²) < 4.78 is 17.8. The zero-order valence-corrected chi connectivity index (χ0v) is 13.0. The second-order valence-electron chi connectivity index (χ2n) is 6.26. The first-order chi connectivity index (χ1) is 10.6. The van der Waals surface area contributed by atoms with Crippen LogP contribution in [0.25, 0.3) is 0 Å². The minimum Gasteiger partial charge on any atom is -0.390 e. The molecule has 22 heavy (non-hydrogen) atoms. The van der Waals surface area contributed by atoms with Gasteiger partial charge < -0.3 is 19.3 Å². The molecule has 1 N–H and O–H groups in total. The number of fused-ring (bicyclic) bond motifs is 1. The van der Waals surface area contributed by atoms with Crippen LogP contribution in [-0.4, -0.2) is 36.1 Å². The quantitative estimate of drug-likeness (QED) is 0.869. The number of benzene rings is 1. The molecule has 2 saturated heterocycles. The summed E-state index contributed by atoms with van der Waals surface area (Å²) in [4.78, 5) is 0. The highest BCUT2D eigenvalue weighted by Gasteiger charge is 2.42. The second kappa shape index (κ2) is 6.92. The Morgan fingerprint density at radius 2 is 2.00 bits per heavy atom. The van der Waals surface area contributed by atoms with Crippen molar-refractivity contribution in [2.24, 2.45) is 0 Å². The third-order valence-corrected chi connectivity index (χ3v) is 4.30. The van der Waals surface area contributed by atoms with E-state index in [-0.39, 0.29) is 24.6 Å². The van der Waals surface area contributed by atoms with Crippen LogP contribution in [0, 0.1) is 0 Å². The molecule has 0 radical (unpaired) electrons. The highest BCUT2D eigenvalue weighted by molar-refractivity contribution is 5.16. The molecule has 0 saturated carbocycles. The fourth-order valence-electron chi connectivity index (χ4n) is 3.05. The Hall–Kier alpha value is -1.20. The van der Waals surface area contributed by atoms with Gasteiger partial charge in [-0.05, 0) is 19.8 Å². The van der Waals surface area contributed by atoms with Crippen LogP contribution in [0.3, 0.4) is 0 Å². The smallest absolute Gasteiger partial charge is 0.184 e. The molecule has 2 fully saturated rings. The van der Waals surface area contributed by atoms with E-state index in [9.17, 15) is 5.11 Å². The van der Waals surface area contributed by atoms with Crippen molar-refractivity contribution in [2.75, 3.05) is 6.61 Å². The third kappa shape index (κ3) is 3.58. The van der Waals surface area contributed by atoms with Crippen molar-refractivity contribution in [1.82, 2.24) is 0 Å². The predicted molar refractivity (Wildman–Crippen MR) is 83.3 cm³/mol. The number of hydrogen-bond acceptors (Lipinski definition) is 4. The first-order valence-corrected chi connectivity index (χ1v) is 7.93. The standard InChI is InChI=1S/C18H24O4/c1-12(2)8-9-15-14(19)10-16-17(21-15)11-20-18(22-16)13-6-4-3-5-7-13/h3-7,14-19H,1,8-11H2,2H3/t14-,15+,16+,17-,18-/m1/s1. The van der Waals surface area contributed by atoms with Crippen molar-refractivity contribution in [1.29, 1.82) is 0 Å². The highest BCUT2D eigenvalue weighted by Crippen LogP contribution is 2.34. The summed E-state index contributed by atoms with van der Waals surface area (Å²) in [6.07, 6.45) is 1.03. The van der Waals surface area contributed by atoms with Crippen LogP contribution in [-0.2, 0) is 14.2 Å². The number of ether oxygens (including phenoxy) is 3. The Balaban J connectivity index is 1.60. The van der Waals surface area contributed by atoms with Gasteiger partial charge in [0.2, 0.25) is 0 Å². The minimum absolute atomic E-state index is 0.0986. The SMILES string of the molecule is C=C(C)CC[C@@H]1O[C@@H]2CO[C@@H](c3ccccc3)O[C@H]2C[C@H]1O. The molecular weight excluding hydrogens is 280 g/mol. The zero-order valence-electron chi connectivity index (χ0n) is 13.0. The number of allylic oxidation sites excluding steroid dienone is 1. The van der Waals surface area contributed by atoms with Gasteiger partial charge in [-0.2, -0.15) is 0 Å². The van der Waals surface area contributed by atoms with E-state index in [1.165, 1.54) is 0 Å². The van der Waals surface area contributed by atoms with Gasteiger partial charge in [-0.15, -0.1) is 6.58 Å². The maximum atomic E-state index is 10.3. The van der Waals surface area contributed by atoms with E-state index in [0.717, 1.165) is 24.0 Å². The summed E-state index contributed by atoms with van der Waals surface area (Å²) in [5, 5.41) is 10.3. The molecule has 2 aliphatic heterocycles. The van der Waals surface area contributed by atoms with Crippen LogP contribution < -0.4 is 0 Å². The predicted octanol–water partition coefficient (Wildman–Crippen LogP) is 2.98. The van der Waals surface area contributed by atoms with E-state index in [1.54, 1.807) is 0 Å². The van der Waals surface area contributed by atoms with Crippen molar-refractivity contribution >= 4 is 0 Å². The van der Waals surface area contributed by atoms with Gasteiger partial charge in [0, 0.05) is 12.0 Å². The van der Waals surface area contributed by atoms with Gasteiger partial charge in [-0.1, -0.05) is 35.9 Å². The zero-order chi connectivity index (χ0) is 15.5. The Morgan fingerprint density at radius 3 is 2.73 bits per heavy atom. The highest BCUT2D eigenvalue weighted by atomic mass is 16.7. The van der Waals surface area contributed by atoms with Crippen molar-refractivity contribution < 1.29 is 19.3 Å². The van der Waals surface area contributed by atoms with Crippen molar-refractivity contribution in [3.63, 3.8) is 0 Å². The summed E-state index contributed by atoms with van der Waals surface area (Å²) in [5.41, 5.74) is 2.11. The molecule has 0 unspecified atom stereocenters. The lowest BCUT2D eigenvalue weighted by Crippen LogP contribution is -2.53. The van der Waals surface area contributed by atoms with Crippen LogP contribution in [0.15, 0.2) is 42.5 Å². The molecule has 2 aliphatic rings. The van der Waals surface area contributed by atoms with Crippen LogP contribution in [0.1, 0.15) is 38.0 Å². The van der Waals surface area contributed by atoms with Gasteiger partial charge in [0.05, 0.1) is 24.9 Å². The average Bonchev–Trinajstić information content (AvgIpc) is 2.53. The molecule has 4 heteroatoms. The van der Waals surface area contributed by atoms with Gasteiger partial charge >= 0.3 is 0 Å². The molecule has 1 aromatic carbocycles. The van der Waals surface area contributed by atoms with Gasteiger partial charge in [0.15, 0.2) is 6.29 Å². The first-order valence-electron chi connectivity index (χ1n) is 7.93. The van der Waals surface area contributed by atoms with Gasteiger partial charge in [-0.25, -0.2) is 0 Å². The molecule has 2 heterocycles. The summed E-state index contributed by atoms with van der Waals surface area (Å²) in [6, 6.07) is 9.87. The Bertz CT molecular complexity index is 501. The van der Waals surface area contributed by atoms with Gasteiger partial charge in [-0.3, -0.25) is 0 Å². The van der Waals surface area contributed by atoms with Crippen LogP contribution in [0.2, 0.25) is 0 Å². The van der Waals surface area contributed by atoms with E-state index in [1.807, 2.05) is 37.3 Å². The lowest BCUT2D eigenvalue weighted by atomic mass is 9.94. The lowest BCUT2D eigenvalue weighted by Gasteiger charge is -2.44. The summed E-state index contributed by atoms with van der Waals surface area (Å²) >= 11 is 0. The number of aliphatic hydroxyl groups excluding tert-OH is 1. The molecule has 4 nitrogen and oxygen atoms in total. The largest absolute Gasteiger partial charge is 0.390 e. The number of rotatable bonds is 4. The molecule has 5 atom stereocenters.